The number of ether oxygens (including phenoxy) is 4. The van der Waals surface area contributed by atoms with Gasteiger partial charge >= 0.3 is 34.1 Å². The molecule has 1 atom stereocenters. The average Bonchev–Trinajstić information content (AvgIpc) is 3.57. The van der Waals surface area contributed by atoms with E-state index in [0.717, 1.165) is 6.61 Å². The van der Waals surface area contributed by atoms with Gasteiger partial charge in [0.15, 0.2) is 0 Å². The van der Waals surface area contributed by atoms with Crippen molar-refractivity contribution in [3.63, 3.8) is 0 Å². The van der Waals surface area contributed by atoms with Crippen LogP contribution >= 0.6 is 16.2 Å². The molecule has 0 spiro atoms. The van der Waals surface area contributed by atoms with Crippen molar-refractivity contribution < 1.29 is 70.7 Å². The fraction of sp³-hybridized carbons (Fsp3) is 0.757. The molecule has 322 valence electrons. The molecule has 17 heteroatoms. The van der Waals surface area contributed by atoms with Crippen LogP contribution in [-0.2, 0) is 60.5 Å². The third-order valence-corrected chi connectivity index (χ3v) is 9.00. The fourth-order valence-electron chi connectivity index (χ4n) is 3.29. The van der Waals surface area contributed by atoms with Crippen molar-refractivity contribution in [2.75, 3.05) is 78.8 Å². The maximum atomic E-state index is 12.1. The molecule has 0 aliphatic carbocycles. The smallest absolute Gasteiger partial charge is 0.334 e. The molecule has 1 fully saturated rings. The molecular weight excluding hydrogens is 746 g/mol. The summed E-state index contributed by atoms with van der Waals surface area (Å²) in [5.41, 5.74) is 1.84. The molecule has 0 radical (unpaired) electrons. The van der Waals surface area contributed by atoms with E-state index in [4.69, 9.17) is 42.3 Å². The Morgan fingerprint density at radius 2 is 1.00 bits per heavy atom. The molecule has 0 aromatic rings. The van der Waals surface area contributed by atoms with Crippen LogP contribution in [0.2, 0.25) is 0 Å². The van der Waals surface area contributed by atoms with E-state index < -0.39 is 34.1 Å². The van der Waals surface area contributed by atoms with Gasteiger partial charge in [0.05, 0.1) is 78.3 Å². The maximum Gasteiger partial charge on any atom is 0.334 e. The molecule has 0 amide bonds. The Balaban J connectivity index is -0.000000191. The molecular formula is C37H74O15P2. The largest absolute Gasteiger partial charge is 0.463 e. The molecule has 0 aromatic heterocycles. The van der Waals surface area contributed by atoms with E-state index in [1.807, 2.05) is 20.8 Å². The van der Waals surface area contributed by atoms with E-state index in [1.54, 1.807) is 55.4 Å². The number of carbonyl (C=O) groups is 3. The fourth-order valence-corrected chi connectivity index (χ4v) is 5.89. The van der Waals surface area contributed by atoms with Gasteiger partial charge in [-0.3, -0.25) is 4.57 Å². The summed E-state index contributed by atoms with van der Waals surface area (Å²) in [5.74, 6) is -1.23. The van der Waals surface area contributed by atoms with E-state index in [2.05, 4.69) is 16.4 Å². The molecule has 1 heterocycles. The first-order valence-electron chi connectivity index (χ1n) is 18.0. The van der Waals surface area contributed by atoms with Gasteiger partial charge in [0.25, 0.3) is 0 Å². The SMILES string of the molecule is C.CC1CCCO1.CCOC(=O)/C=C(\C)CO.CCOC(=O)/C=C(\C)CO.CCOC(=O)/C=C(\C)CP(=O)(OCC)OCC.CCOP(OCC)OCC. The summed E-state index contributed by atoms with van der Waals surface area (Å²) < 4.78 is 56.9. The highest BCUT2D eigenvalue weighted by atomic mass is 31.2. The number of hydrogen-bond acceptors (Lipinski definition) is 15. The van der Waals surface area contributed by atoms with Gasteiger partial charge in [-0.15, -0.1) is 0 Å². The second-order valence-electron chi connectivity index (χ2n) is 10.4. The molecule has 0 bridgehead atoms. The van der Waals surface area contributed by atoms with Crippen LogP contribution < -0.4 is 0 Å². The van der Waals surface area contributed by atoms with E-state index in [0.29, 0.717) is 75.7 Å². The maximum absolute atomic E-state index is 12.1. The minimum absolute atomic E-state index is 0. The summed E-state index contributed by atoms with van der Waals surface area (Å²) in [5, 5.41) is 17.0. The Bertz CT molecular complexity index is 984. The third kappa shape index (κ3) is 44.4. The topological polar surface area (TPSA) is 192 Å². The molecule has 1 aliphatic heterocycles. The van der Waals surface area contributed by atoms with Crippen molar-refractivity contribution in [2.45, 2.75) is 109 Å². The third-order valence-electron chi connectivity index (χ3n) is 5.41. The van der Waals surface area contributed by atoms with Crippen LogP contribution in [0.1, 0.15) is 103 Å². The molecule has 2 N–H and O–H groups in total. The van der Waals surface area contributed by atoms with Gasteiger partial charge in [-0.1, -0.05) is 13.0 Å². The number of carbonyl (C=O) groups excluding carboxylic acids is 3. The predicted molar refractivity (Wildman–Crippen MR) is 214 cm³/mol. The Hall–Kier alpha value is -2.03. The first kappa shape index (κ1) is 61.2. The van der Waals surface area contributed by atoms with Gasteiger partial charge in [0.1, 0.15) is 0 Å². The van der Waals surface area contributed by atoms with Crippen LogP contribution in [0.4, 0.5) is 0 Å². The van der Waals surface area contributed by atoms with Crippen LogP contribution in [-0.4, -0.2) is 113 Å². The second kappa shape index (κ2) is 43.7. The van der Waals surface area contributed by atoms with Gasteiger partial charge in [-0.2, -0.15) is 0 Å². The van der Waals surface area contributed by atoms with Crippen LogP contribution in [0.25, 0.3) is 0 Å². The Kier molecular flexibility index (Phi) is 49.5. The molecule has 1 unspecified atom stereocenters. The van der Waals surface area contributed by atoms with Crippen molar-refractivity contribution in [3.8, 4) is 0 Å². The summed E-state index contributed by atoms with van der Waals surface area (Å²) in [6, 6.07) is 0. The lowest BCUT2D eigenvalue weighted by Gasteiger charge is -2.16. The summed E-state index contributed by atoms with van der Waals surface area (Å²) in [6.45, 7) is 26.0. The van der Waals surface area contributed by atoms with E-state index in [9.17, 15) is 18.9 Å². The Labute approximate surface area is 327 Å². The lowest BCUT2D eigenvalue weighted by Crippen LogP contribution is -2.05. The van der Waals surface area contributed by atoms with Crippen LogP contribution in [0.3, 0.4) is 0 Å². The van der Waals surface area contributed by atoms with Crippen molar-refractivity contribution in [3.05, 3.63) is 34.9 Å². The van der Waals surface area contributed by atoms with E-state index >= 15 is 0 Å². The number of aliphatic hydroxyl groups excluding tert-OH is 2. The number of aliphatic hydroxyl groups is 2. The molecule has 1 saturated heterocycles. The van der Waals surface area contributed by atoms with E-state index in [1.165, 1.54) is 31.1 Å². The van der Waals surface area contributed by atoms with Crippen molar-refractivity contribution in [1.82, 2.24) is 0 Å². The van der Waals surface area contributed by atoms with Gasteiger partial charge in [-0.05, 0) is 107 Å². The zero-order valence-corrected chi connectivity index (χ0v) is 36.1. The quantitative estimate of drug-likeness (QED) is 0.0521. The summed E-state index contributed by atoms with van der Waals surface area (Å²) >= 11 is 0. The van der Waals surface area contributed by atoms with Crippen molar-refractivity contribution >= 4 is 34.1 Å². The zero-order chi connectivity index (χ0) is 41.5. The number of allylic oxidation sites excluding steroid dienone is 1. The Morgan fingerprint density at radius 1 is 0.648 bits per heavy atom. The number of rotatable bonds is 20. The summed E-state index contributed by atoms with van der Waals surface area (Å²) in [6.07, 6.45) is 7.06. The lowest BCUT2D eigenvalue weighted by atomic mass is 10.3. The Morgan fingerprint density at radius 3 is 1.22 bits per heavy atom. The first-order chi connectivity index (χ1) is 25.1. The normalized spacial score (nSPS) is 14.0. The molecule has 0 aromatic carbocycles. The van der Waals surface area contributed by atoms with Crippen molar-refractivity contribution in [1.29, 1.82) is 0 Å². The highest BCUT2D eigenvalue weighted by molar-refractivity contribution is 7.54. The summed E-state index contributed by atoms with van der Waals surface area (Å²) in [4.78, 5) is 32.4. The van der Waals surface area contributed by atoms with Gasteiger partial charge in [0.2, 0.25) is 0 Å². The monoisotopic (exact) mass is 820 g/mol. The molecule has 1 aliphatic rings. The minimum Gasteiger partial charge on any atom is -0.463 e. The number of hydrogen-bond donors (Lipinski definition) is 2. The molecule has 15 nitrogen and oxygen atoms in total. The first-order valence-corrected chi connectivity index (χ1v) is 20.9. The molecule has 54 heavy (non-hydrogen) atoms. The van der Waals surface area contributed by atoms with E-state index in [-0.39, 0.29) is 26.8 Å². The van der Waals surface area contributed by atoms with Crippen molar-refractivity contribution in [2.24, 2.45) is 0 Å². The zero-order valence-electron chi connectivity index (χ0n) is 34.3. The van der Waals surface area contributed by atoms with Gasteiger partial charge < -0.3 is 51.8 Å². The van der Waals surface area contributed by atoms with Crippen LogP contribution in [0.15, 0.2) is 34.9 Å². The highest BCUT2D eigenvalue weighted by Crippen LogP contribution is 2.49. The second-order valence-corrected chi connectivity index (χ2v) is 13.7. The van der Waals surface area contributed by atoms with Crippen LogP contribution in [0.5, 0.6) is 0 Å². The lowest BCUT2D eigenvalue weighted by molar-refractivity contribution is -0.138. The standard InChI is InChI=1S/C11H21O5P.2C7H12O3.C6H15O3P.C5H10O.CH4/c1-5-14-11(12)8-10(4)9-17(13,15-6-2)16-7-3;2*1-3-10-7(9)4-6(2)5-8;1-4-7-10(8-5-2)9-6-3;1-5-3-2-4-6-5;/h8H,5-7,9H2,1-4H3;2*4,8H,3,5H2,1-2H3;4-6H2,1-3H3;5H,2-4H2,1H3;1H4/b10-8+;2*6-4+;;;. The highest BCUT2D eigenvalue weighted by Gasteiger charge is 2.24. The van der Waals surface area contributed by atoms with Gasteiger partial charge in [0, 0.05) is 24.8 Å². The predicted octanol–water partition coefficient (Wildman–Crippen LogP) is 7.88. The minimum atomic E-state index is -3.13. The molecule has 0 saturated carbocycles. The average molecular weight is 821 g/mol. The van der Waals surface area contributed by atoms with Gasteiger partial charge in [-0.25, -0.2) is 14.4 Å². The molecule has 1 rings (SSSR count). The summed E-state index contributed by atoms with van der Waals surface area (Å²) in [7, 11) is -4.19. The number of esters is 3. The van der Waals surface area contributed by atoms with Crippen LogP contribution in [0, 0.1) is 0 Å².